The number of aromatic nitrogens is 1. The van der Waals surface area contributed by atoms with Gasteiger partial charge in [0.2, 0.25) is 12.3 Å². The van der Waals surface area contributed by atoms with Crippen LogP contribution in [0, 0.1) is 0 Å². The quantitative estimate of drug-likeness (QED) is 0.325. The second-order valence-corrected chi connectivity index (χ2v) is 10.0. The lowest BCUT2D eigenvalue weighted by molar-refractivity contribution is -0.125. The molecular formula is C28H40N4O3. The minimum Gasteiger partial charge on any atom is -0.493 e. The van der Waals surface area contributed by atoms with E-state index in [9.17, 15) is 9.59 Å². The summed E-state index contributed by atoms with van der Waals surface area (Å²) in [5.41, 5.74) is 3.69. The predicted molar refractivity (Wildman–Crippen MR) is 142 cm³/mol. The van der Waals surface area contributed by atoms with Gasteiger partial charge in [-0.2, -0.15) is 0 Å². The summed E-state index contributed by atoms with van der Waals surface area (Å²) in [6.07, 6.45) is 6.47. The van der Waals surface area contributed by atoms with E-state index in [-0.39, 0.29) is 11.4 Å². The third-order valence-corrected chi connectivity index (χ3v) is 5.39. The van der Waals surface area contributed by atoms with Gasteiger partial charge in [-0.15, -0.1) is 0 Å². The average Bonchev–Trinajstić information content (AvgIpc) is 2.80. The molecule has 35 heavy (non-hydrogen) atoms. The first-order chi connectivity index (χ1) is 16.6. The predicted octanol–water partition coefficient (Wildman–Crippen LogP) is 5.12. The first-order valence-corrected chi connectivity index (χ1v) is 12.2. The molecule has 1 aromatic carbocycles. The first-order valence-electron chi connectivity index (χ1n) is 12.2. The molecule has 0 radical (unpaired) electrons. The van der Waals surface area contributed by atoms with Crippen molar-refractivity contribution in [3.05, 3.63) is 58.8 Å². The van der Waals surface area contributed by atoms with Crippen LogP contribution in [0.1, 0.15) is 76.1 Å². The number of carbonyl (C=O) groups excluding carboxylic acids is 2. The van der Waals surface area contributed by atoms with Gasteiger partial charge >= 0.3 is 0 Å². The van der Waals surface area contributed by atoms with Gasteiger partial charge in [-0.25, -0.2) is 4.98 Å². The molecule has 2 amide bonds. The molecule has 2 aromatic rings. The Balaban J connectivity index is 2.18. The van der Waals surface area contributed by atoms with Gasteiger partial charge < -0.3 is 20.3 Å². The van der Waals surface area contributed by atoms with Crippen molar-refractivity contribution in [2.45, 2.75) is 72.5 Å². The number of para-hydroxylation sites is 1. The molecule has 0 aliphatic rings. The van der Waals surface area contributed by atoms with Crippen LogP contribution in [-0.4, -0.2) is 41.4 Å². The molecule has 0 atom stereocenters. The molecule has 2 rings (SSSR count). The molecule has 0 saturated carbocycles. The van der Waals surface area contributed by atoms with Gasteiger partial charge in [0.15, 0.2) is 0 Å². The zero-order chi connectivity index (χ0) is 26.0. The van der Waals surface area contributed by atoms with E-state index in [4.69, 9.17) is 4.74 Å². The average molecular weight is 481 g/mol. The van der Waals surface area contributed by atoms with Crippen molar-refractivity contribution in [3.63, 3.8) is 0 Å². The molecule has 0 fully saturated rings. The van der Waals surface area contributed by atoms with E-state index in [2.05, 4.69) is 63.2 Å². The van der Waals surface area contributed by atoms with Crippen LogP contribution in [0.3, 0.4) is 0 Å². The summed E-state index contributed by atoms with van der Waals surface area (Å²) in [4.78, 5) is 29.9. The second kappa shape index (κ2) is 13.0. The number of rotatable bonds is 12. The Labute approximate surface area is 210 Å². The fraction of sp³-hybridized carbons (Fsp3) is 0.464. The molecule has 7 heteroatoms. The van der Waals surface area contributed by atoms with Crippen LogP contribution >= 0.6 is 0 Å². The van der Waals surface area contributed by atoms with E-state index in [1.807, 2.05) is 18.2 Å². The van der Waals surface area contributed by atoms with Gasteiger partial charge in [-0.3, -0.25) is 9.59 Å². The van der Waals surface area contributed by atoms with Crippen LogP contribution < -0.4 is 15.4 Å². The number of hydrogen-bond acceptors (Lipinski definition) is 5. The van der Waals surface area contributed by atoms with Crippen molar-refractivity contribution in [3.8, 4) is 5.75 Å². The molecule has 2 N–H and O–H groups in total. The summed E-state index contributed by atoms with van der Waals surface area (Å²) in [6, 6.07) is 8.04. The van der Waals surface area contributed by atoms with Gasteiger partial charge in [0.25, 0.3) is 0 Å². The molecule has 0 unspecified atom stereocenters. The summed E-state index contributed by atoms with van der Waals surface area (Å²) in [5.74, 6) is 1.59. The molecule has 7 nitrogen and oxygen atoms in total. The van der Waals surface area contributed by atoms with Gasteiger partial charge in [0.1, 0.15) is 11.6 Å². The maximum atomic E-state index is 12.9. The summed E-state index contributed by atoms with van der Waals surface area (Å²) < 4.78 is 6.08. The zero-order valence-electron chi connectivity index (χ0n) is 22.1. The molecular weight excluding hydrogens is 440 g/mol. The van der Waals surface area contributed by atoms with Gasteiger partial charge in [-0.05, 0) is 56.4 Å². The van der Waals surface area contributed by atoms with Crippen LogP contribution in [0.15, 0.2) is 36.5 Å². The number of amides is 2. The fourth-order valence-corrected chi connectivity index (χ4v) is 3.49. The Bertz CT molecular complexity index is 1030. The number of hydrogen-bond donors (Lipinski definition) is 2. The third-order valence-electron chi connectivity index (χ3n) is 5.39. The Morgan fingerprint density at radius 2 is 1.97 bits per heavy atom. The monoisotopic (exact) mass is 480 g/mol. The van der Waals surface area contributed by atoms with Gasteiger partial charge in [-0.1, -0.05) is 39.0 Å². The van der Waals surface area contributed by atoms with Gasteiger partial charge in [0.05, 0.1) is 6.61 Å². The van der Waals surface area contributed by atoms with Gasteiger partial charge in [0, 0.05) is 49.1 Å². The number of benzene rings is 1. The minimum absolute atomic E-state index is 0.0878. The number of nitrogens with zero attached hydrogens (tertiary/aromatic N) is 2. The number of anilines is 1. The number of likely N-dealkylation sites (N-methyl/N-ethyl adjacent to an activating group) is 1. The highest BCUT2D eigenvalue weighted by molar-refractivity contribution is 5.91. The minimum atomic E-state index is -0.120. The summed E-state index contributed by atoms with van der Waals surface area (Å²) in [7, 11) is 1.78. The highest BCUT2D eigenvalue weighted by atomic mass is 16.5. The fourth-order valence-electron chi connectivity index (χ4n) is 3.49. The summed E-state index contributed by atoms with van der Waals surface area (Å²) >= 11 is 0. The van der Waals surface area contributed by atoms with Crippen molar-refractivity contribution in [1.82, 2.24) is 15.2 Å². The van der Waals surface area contributed by atoms with E-state index in [0.29, 0.717) is 37.8 Å². The Kier molecular flexibility index (Phi) is 10.5. The second-order valence-electron chi connectivity index (χ2n) is 10.0. The molecule has 0 aliphatic heterocycles. The van der Waals surface area contributed by atoms with Crippen molar-refractivity contribution >= 4 is 24.2 Å². The standard InChI is InChI=1S/C28H40N4O3/c1-8-14-35-26-22(10-9-11-24(26)20(2)3)18-32(7)25(34)13-12-21-15-23(17-31-28(4,5)6)27(29-16-21)30-19-33/h9-13,15-16,19-20,31H,8,14,17-18H2,1-7H3,(H,29,30,33)/b13-12+. The van der Waals surface area contributed by atoms with Crippen LogP contribution in [0.2, 0.25) is 0 Å². The van der Waals surface area contributed by atoms with Crippen molar-refractivity contribution in [2.75, 3.05) is 19.0 Å². The summed E-state index contributed by atoms with van der Waals surface area (Å²) in [6.45, 7) is 14.2. The van der Waals surface area contributed by atoms with E-state index >= 15 is 0 Å². The molecule has 1 heterocycles. The van der Waals surface area contributed by atoms with Crippen molar-refractivity contribution in [1.29, 1.82) is 0 Å². The zero-order valence-corrected chi connectivity index (χ0v) is 22.1. The van der Waals surface area contributed by atoms with E-state index < -0.39 is 0 Å². The molecule has 190 valence electrons. The van der Waals surface area contributed by atoms with Crippen molar-refractivity contribution < 1.29 is 14.3 Å². The van der Waals surface area contributed by atoms with E-state index in [1.54, 1.807) is 30.3 Å². The number of ether oxygens (including phenoxy) is 1. The largest absolute Gasteiger partial charge is 0.493 e. The first kappa shape index (κ1) is 28.1. The normalized spacial score (nSPS) is 11.7. The molecule has 0 spiro atoms. The van der Waals surface area contributed by atoms with E-state index in [0.717, 1.165) is 34.4 Å². The number of pyridine rings is 1. The highest BCUT2D eigenvalue weighted by Gasteiger charge is 2.16. The van der Waals surface area contributed by atoms with E-state index in [1.165, 1.54) is 0 Å². The number of carbonyl (C=O) groups is 2. The maximum Gasteiger partial charge on any atom is 0.246 e. The lowest BCUT2D eigenvalue weighted by Gasteiger charge is -2.22. The van der Waals surface area contributed by atoms with Crippen LogP contribution in [0.5, 0.6) is 5.75 Å². The number of nitrogens with one attached hydrogen (secondary N) is 2. The maximum absolute atomic E-state index is 12.9. The van der Waals surface area contributed by atoms with Crippen LogP contribution in [0.25, 0.3) is 6.08 Å². The Morgan fingerprint density at radius 3 is 2.60 bits per heavy atom. The molecule has 0 bridgehead atoms. The molecule has 0 saturated heterocycles. The Morgan fingerprint density at radius 1 is 1.23 bits per heavy atom. The SMILES string of the molecule is CCCOc1c(CN(C)C(=O)/C=C/c2cnc(NC=O)c(CNC(C)(C)C)c2)cccc1C(C)C. The topological polar surface area (TPSA) is 83.6 Å². The van der Waals surface area contributed by atoms with Crippen LogP contribution in [-0.2, 0) is 22.7 Å². The van der Waals surface area contributed by atoms with Crippen LogP contribution in [0.4, 0.5) is 5.82 Å². The molecule has 0 aliphatic carbocycles. The van der Waals surface area contributed by atoms with Crippen molar-refractivity contribution in [2.24, 2.45) is 0 Å². The summed E-state index contributed by atoms with van der Waals surface area (Å²) in [5, 5.41) is 6.04. The highest BCUT2D eigenvalue weighted by Crippen LogP contribution is 2.31. The lowest BCUT2D eigenvalue weighted by atomic mass is 9.98. The lowest BCUT2D eigenvalue weighted by Crippen LogP contribution is -2.35. The third kappa shape index (κ3) is 8.83. The smallest absolute Gasteiger partial charge is 0.246 e. The Hall–Kier alpha value is -3.19. The molecule has 1 aromatic heterocycles.